The summed E-state index contributed by atoms with van der Waals surface area (Å²) in [7, 11) is 0.407. The fourth-order valence-electron chi connectivity index (χ4n) is 3.09. The zero-order chi connectivity index (χ0) is 22.6. The minimum atomic E-state index is -4.10. The molecule has 0 heterocycles. The molecule has 3 aromatic rings. The highest BCUT2D eigenvalue weighted by Gasteiger charge is 2.27. The number of hydrogen-bond acceptors (Lipinski definition) is 5. The summed E-state index contributed by atoms with van der Waals surface area (Å²) in [5, 5.41) is 0. The molecule has 3 aromatic carbocycles. The van der Waals surface area contributed by atoms with Crippen molar-refractivity contribution in [2.45, 2.75) is 18.4 Å². The Balaban J connectivity index is 2.14. The second kappa shape index (κ2) is 9.26. The van der Waals surface area contributed by atoms with Gasteiger partial charge in [-0.05, 0) is 54.4 Å². The maximum Gasteiger partial charge on any atom is 0.264 e. The molecule has 0 bridgehead atoms. The maximum atomic E-state index is 14.2. The standard InChI is InChI=1S/C23H24FNO5S/c1-16-8-10-20(14-21(16)24)31(26,27)25(15-17-6-5-7-19(12-17)28-2)18-9-11-22(29-3)23(13-18)30-4/h5-14H,15H2,1-4H3. The van der Waals surface area contributed by atoms with Crippen molar-refractivity contribution in [1.29, 1.82) is 0 Å². The highest BCUT2D eigenvalue weighted by atomic mass is 32.2. The normalized spacial score (nSPS) is 11.1. The van der Waals surface area contributed by atoms with Crippen molar-refractivity contribution in [2.24, 2.45) is 0 Å². The minimum absolute atomic E-state index is 0.00448. The van der Waals surface area contributed by atoms with E-state index in [1.807, 2.05) is 0 Å². The summed E-state index contributed by atoms with van der Waals surface area (Å²) < 4.78 is 58.4. The first kappa shape index (κ1) is 22.4. The Kier molecular flexibility index (Phi) is 6.70. The minimum Gasteiger partial charge on any atom is -0.497 e. The monoisotopic (exact) mass is 445 g/mol. The molecule has 164 valence electrons. The molecule has 3 rings (SSSR count). The number of methoxy groups -OCH3 is 3. The maximum absolute atomic E-state index is 14.2. The summed E-state index contributed by atoms with van der Waals surface area (Å²) in [5.74, 6) is 0.852. The first-order valence-corrected chi connectivity index (χ1v) is 10.9. The highest BCUT2D eigenvalue weighted by molar-refractivity contribution is 7.92. The van der Waals surface area contributed by atoms with Crippen molar-refractivity contribution in [3.8, 4) is 17.2 Å². The number of nitrogens with zero attached hydrogens (tertiary/aromatic N) is 1. The number of hydrogen-bond donors (Lipinski definition) is 0. The number of halogens is 1. The van der Waals surface area contributed by atoms with Gasteiger partial charge in [-0.25, -0.2) is 12.8 Å². The van der Waals surface area contributed by atoms with Crippen molar-refractivity contribution in [2.75, 3.05) is 25.6 Å². The van der Waals surface area contributed by atoms with Crippen LogP contribution in [-0.4, -0.2) is 29.7 Å². The van der Waals surface area contributed by atoms with Crippen LogP contribution in [0.15, 0.2) is 65.6 Å². The van der Waals surface area contributed by atoms with Crippen LogP contribution in [0.25, 0.3) is 0 Å². The number of ether oxygens (including phenoxy) is 3. The van der Waals surface area contributed by atoms with Gasteiger partial charge in [0.05, 0.1) is 38.5 Å². The van der Waals surface area contributed by atoms with Crippen LogP contribution in [0.2, 0.25) is 0 Å². The van der Waals surface area contributed by atoms with E-state index in [-0.39, 0.29) is 11.4 Å². The molecule has 0 fully saturated rings. The van der Waals surface area contributed by atoms with Gasteiger partial charge in [-0.3, -0.25) is 4.31 Å². The van der Waals surface area contributed by atoms with Gasteiger partial charge in [0, 0.05) is 6.07 Å². The van der Waals surface area contributed by atoms with Gasteiger partial charge in [0.25, 0.3) is 10.0 Å². The second-order valence-corrected chi connectivity index (χ2v) is 8.68. The number of rotatable bonds is 8. The van der Waals surface area contributed by atoms with E-state index in [4.69, 9.17) is 14.2 Å². The van der Waals surface area contributed by atoms with Crippen LogP contribution in [0.4, 0.5) is 10.1 Å². The number of anilines is 1. The molecule has 8 heteroatoms. The SMILES string of the molecule is COc1cccc(CN(c2ccc(OC)c(OC)c2)S(=O)(=O)c2ccc(C)c(F)c2)c1. The van der Waals surface area contributed by atoms with Crippen LogP contribution in [0.5, 0.6) is 17.2 Å². The second-order valence-electron chi connectivity index (χ2n) is 6.81. The van der Waals surface area contributed by atoms with Crippen LogP contribution in [0, 0.1) is 12.7 Å². The molecule has 0 spiro atoms. The zero-order valence-corrected chi connectivity index (χ0v) is 18.6. The molecule has 0 aliphatic carbocycles. The third kappa shape index (κ3) is 4.74. The van der Waals surface area contributed by atoms with Crippen molar-refractivity contribution < 1.29 is 27.0 Å². The van der Waals surface area contributed by atoms with Gasteiger partial charge in [0.1, 0.15) is 11.6 Å². The molecule has 0 saturated heterocycles. The fourth-order valence-corrected chi connectivity index (χ4v) is 4.55. The summed E-state index contributed by atoms with van der Waals surface area (Å²) in [6.07, 6.45) is 0. The first-order valence-electron chi connectivity index (χ1n) is 9.44. The van der Waals surface area contributed by atoms with Gasteiger partial charge in [0.15, 0.2) is 11.5 Å². The fraction of sp³-hybridized carbons (Fsp3) is 0.217. The number of sulfonamides is 1. The van der Waals surface area contributed by atoms with E-state index < -0.39 is 15.8 Å². The van der Waals surface area contributed by atoms with E-state index in [2.05, 4.69) is 0 Å². The van der Waals surface area contributed by atoms with E-state index in [9.17, 15) is 12.8 Å². The van der Waals surface area contributed by atoms with Crippen LogP contribution in [-0.2, 0) is 16.6 Å². The van der Waals surface area contributed by atoms with Gasteiger partial charge >= 0.3 is 0 Å². The first-order chi connectivity index (χ1) is 14.8. The molecule has 6 nitrogen and oxygen atoms in total. The summed E-state index contributed by atoms with van der Waals surface area (Å²) in [5.41, 5.74) is 1.41. The average molecular weight is 446 g/mol. The molecule has 0 N–H and O–H groups in total. The lowest BCUT2D eigenvalue weighted by Crippen LogP contribution is -2.30. The van der Waals surface area contributed by atoms with Crippen molar-refractivity contribution >= 4 is 15.7 Å². The van der Waals surface area contributed by atoms with Gasteiger partial charge in [-0.15, -0.1) is 0 Å². The largest absolute Gasteiger partial charge is 0.497 e. The molecule has 0 aromatic heterocycles. The van der Waals surface area contributed by atoms with E-state index >= 15 is 0 Å². The third-order valence-corrected chi connectivity index (χ3v) is 6.62. The topological polar surface area (TPSA) is 65.1 Å². The summed E-state index contributed by atoms with van der Waals surface area (Å²) >= 11 is 0. The lowest BCUT2D eigenvalue weighted by molar-refractivity contribution is 0.355. The Morgan fingerprint density at radius 2 is 1.61 bits per heavy atom. The summed E-state index contributed by atoms with van der Waals surface area (Å²) in [6, 6.07) is 15.8. The molecular weight excluding hydrogens is 421 g/mol. The average Bonchev–Trinajstić information content (AvgIpc) is 2.78. The molecule has 0 aliphatic rings. The van der Waals surface area contributed by atoms with Crippen LogP contribution < -0.4 is 18.5 Å². The zero-order valence-electron chi connectivity index (χ0n) is 17.8. The molecule has 0 atom stereocenters. The van der Waals surface area contributed by atoms with E-state index in [0.717, 1.165) is 6.07 Å². The lowest BCUT2D eigenvalue weighted by Gasteiger charge is -2.26. The smallest absolute Gasteiger partial charge is 0.264 e. The molecule has 0 amide bonds. The molecule has 0 aliphatic heterocycles. The Hall–Kier alpha value is -3.26. The van der Waals surface area contributed by atoms with Gasteiger partial charge in [0.2, 0.25) is 0 Å². The van der Waals surface area contributed by atoms with E-state index in [1.165, 1.54) is 37.8 Å². The molecule has 31 heavy (non-hydrogen) atoms. The Bertz CT molecular complexity index is 1180. The Morgan fingerprint density at radius 3 is 2.26 bits per heavy atom. The molecule has 0 saturated carbocycles. The Morgan fingerprint density at radius 1 is 0.871 bits per heavy atom. The van der Waals surface area contributed by atoms with Crippen molar-refractivity contribution in [1.82, 2.24) is 0 Å². The predicted molar refractivity (Wildman–Crippen MR) is 117 cm³/mol. The van der Waals surface area contributed by atoms with Crippen LogP contribution >= 0.6 is 0 Å². The third-order valence-electron chi connectivity index (χ3n) is 4.85. The molecular formula is C23H24FNO5S. The van der Waals surface area contributed by atoms with Crippen molar-refractivity contribution in [3.05, 3.63) is 77.6 Å². The molecule has 0 unspecified atom stereocenters. The quantitative estimate of drug-likeness (QED) is 0.509. The van der Waals surface area contributed by atoms with Gasteiger partial charge in [-0.1, -0.05) is 18.2 Å². The highest BCUT2D eigenvalue weighted by Crippen LogP contribution is 2.35. The van der Waals surface area contributed by atoms with Crippen LogP contribution in [0.1, 0.15) is 11.1 Å². The lowest BCUT2D eigenvalue weighted by atomic mass is 10.2. The van der Waals surface area contributed by atoms with E-state index in [1.54, 1.807) is 49.4 Å². The van der Waals surface area contributed by atoms with E-state index in [0.29, 0.717) is 34.1 Å². The van der Waals surface area contributed by atoms with Gasteiger partial charge < -0.3 is 14.2 Å². The summed E-state index contributed by atoms with van der Waals surface area (Å²) in [4.78, 5) is -0.145. The van der Waals surface area contributed by atoms with Crippen molar-refractivity contribution in [3.63, 3.8) is 0 Å². The van der Waals surface area contributed by atoms with Gasteiger partial charge in [-0.2, -0.15) is 0 Å². The molecule has 0 radical (unpaired) electrons. The summed E-state index contributed by atoms with van der Waals surface area (Å²) in [6.45, 7) is 1.58. The number of aryl methyl sites for hydroxylation is 1. The van der Waals surface area contributed by atoms with Crippen LogP contribution in [0.3, 0.4) is 0 Å². The predicted octanol–water partition coefficient (Wildman–Crippen LogP) is 4.56. The Labute approximate surface area is 181 Å². The number of benzene rings is 3.